The topological polar surface area (TPSA) is 98.0 Å². The number of carbonyl (C=O) groups is 2. The molecular weight excluding hydrogens is 460 g/mol. The number of carboxylic acids is 1. The summed E-state index contributed by atoms with van der Waals surface area (Å²) >= 11 is 2.73. The summed E-state index contributed by atoms with van der Waals surface area (Å²) in [5, 5.41) is 11.0. The van der Waals surface area contributed by atoms with E-state index in [0.717, 1.165) is 11.3 Å². The Morgan fingerprint density at radius 1 is 1.21 bits per heavy atom. The Hall–Kier alpha value is -3.30. The van der Waals surface area contributed by atoms with Crippen LogP contribution in [0.15, 0.2) is 62.8 Å². The SMILES string of the molecule is CCCC1=C(C(=O)OCC)[C@@H](c2cccs2)n2c(s/c(=C\c3ccc(C(=O)O)cc3)c2=O)=N1. The summed E-state index contributed by atoms with van der Waals surface area (Å²) in [6.45, 7) is 4.00. The van der Waals surface area contributed by atoms with Gasteiger partial charge < -0.3 is 9.84 Å². The van der Waals surface area contributed by atoms with Gasteiger partial charge in [0.05, 0.1) is 28.0 Å². The number of hydrogen-bond acceptors (Lipinski definition) is 7. The summed E-state index contributed by atoms with van der Waals surface area (Å²) in [5.74, 6) is -1.46. The van der Waals surface area contributed by atoms with Crippen molar-refractivity contribution in [3.63, 3.8) is 0 Å². The predicted octanol–water partition coefficient (Wildman–Crippen LogP) is 3.34. The standard InChI is InChI=1S/C24H22N2O5S2/c1-3-6-16-19(23(30)31-4-2)20(17-7-5-12-32-17)26-21(27)18(33-24(26)25-16)13-14-8-10-15(11-9-14)22(28)29/h5,7-13,20H,3-4,6H2,1-2H3,(H,28,29)/b18-13-/t20-/m1/s1. The molecule has 0 saturated heterocycles. The molecule has 0 saturated carbocycles. The summed E-state index contributed by atoms with van der Waals surface area (Å²) in [7, 11) is 0. The number of aromatic nitrogens is 1. The summed E-state index contributed by atoms with van der Waals surface area (Å²) in [5.41, 5.74) is 1.68. The Bertz CT molecular complexity index is 1400. The summed E-state index contributed by atoms with van der Waals surface area (Å²) < 4.78 is 7.38. The summed E-state index contributed by atoms with van der Waals surface area (Å²) in [4.78, 5) is 43.7. The number of thiazole rings is 1. The van der Waals surface area contributed by atoms with Crippen molar-refractivity contribution in [1.82, 2.24) is 4.57 Å². The van der Waals surface area contributed by atoms with E-state index in [-0.39, 0.29) is 17.7 Å². The fourth-order valence-electron chi connectivity index (χ4n) is 3.71. The van der Waals surface area contributed by atoms with E-state index in [4.69, 9.17) is 14.8 Å². The average Bonchev–Trinajstić information content (AvgIpc) is 3.42. The molecule has 7 nitrogen and oxygen atoms in total. The number of carboxylic acid groups (broad SMARTS) is 1. The van der Waals surface area contributed by atoms with Gasteiger partial charge in [0.2, 0.25) is 0 Å². The number of fused-ring (bicyclic) bond motifs is 1. The monoisotopic (exact) mass is 482 g/mol. The third-order valence-corrected chi connectivity index (χ3v) is 7.07. The first kappa shape index (κ1) is 22.9. The lowest BCUT2D eigenvalue weighted by Crippen LogP contribution is -2.39. The molecule has 1 aliphatic heterocycles. The van der Waals surface area contributed by atoms with Crippen molar-refractivity contribution in [3.05, 3.63) is 88.7 Å². The number of allylic oxidation sites excluding steroid dienone is 1. The zero-order valence-electron chi connectivity index (χ0n) is 18.1. The van der Waals surface area contributed by atoms with Gasteiger partial charge in [0.15, 0.2) is 4.80 Å². The lowest BCUT2D eigenvalue weighted by Gasteiger charge is -2.24. The molecule has 3 aromatic rings. The molecule has 4 rings (SSSR count). The van der Waals surface area contributed by atoms with Crippen LogP contribution in [-0.2, 0) is 9.53 Å². The lowest BCUT2D eigenvalue weighted by atomic mass is 9.99. The normalized spacial score (nSPS) is 15.8. The van der Waals surface area contributed by atoms with Crippen molar-refractivity contribution >= 4 is 40.7 Å². The number of benzene rings is 1. The maximum Gasteiger partial charge on any atom is 0.338 e. The van der Waals surface area contributed by atoms with Gasteiger partial charge in [-0.3, -0.25) is 9.36 Å². The Balaban J connectivity index is 1.92. The maximum absolute atomic E-state index is 13.5. The number of rotatable bonds is 7. The van der Waals surface area contributed by atoms with Crippen LogP contribution < -0.4 is 14.9 Å². The summed E-state index contributed by atoms with van der Waals surface area (Å²) in [6.07, 6.45) is 3.11. The van der Waals surface area contributed by atoms with Crippen molar-refractivity contribution in [3.8, 4) is 0 Å². The van der Waals surface area contributed by atoms with Crippen LogP contribution in [0.5, 0.6) is 0 Å². The van der Waals surface area contributed by atoms with Crippen molar-refractivity contribution in [2.45, 2.75) is 32.7 Å². The number of aromatic carboxylic acids is 1. The van der Waals surface area contributed by atoms with E-state index >= 15 is 0 Å². The molecule has 9 heteroatoms. The largest absolute Gasteiger partial charge is 0.478 e. The van der Waals surface area contributed by atoms with Gasteiger partial charge in [-0.2, -0.15) is 0 Å². The van der Waals surface area contributed by atoms with Crippen molar-refractivity contribution in [2.24, 2.45) is 4.99 Å². The number of thiophene rings is 1. The van der Waals surface area contributed by atoms with Crippen molar-refractivity contribution in [2.75, 3.05) is 6.61 Å². The van der Waals surface area contributed by atoms with E-state index in [9.17, 15) is 14.4 Å². The first-order valence-electron chi connectivity index (χ1n) is 10.5. The first-order chi connectivity index (χ1) is 15.9. The van der Waals surface area contributed by atoms with Gasteiger partial charge in [0, 0.05) is 4.88 Å². The molecule has 1 N–H and O–H groups in total. The van der Waals surface area contributed by atoms with Gasteiger partial charge in [-0.05, 0) is 48.6 Å². The highest BCUT2D eigenvalue weighted by atomic mass is 32.1. The second-order valence-electron chi connectivity index (χ2n) is 7.36. The zero-order chi connectivity index (χ0) is 23.5. The Morgan fingerprint density at radius 2 is 1.97 bits per heavy atom. The third kappa shape index (κ3) is 4.46. The zero-order valence-corrected chi connectivity index (χ0v) is 19.7. The molecule has 0 fully saturated rings. The molecule has 1 atom stereocenters. The van der Waals surface area contributed by atoms with Crippen LogP contribution in [-0.4, -0.2) is 28.2 Å². The lowest BCUT2D eigenvalue weighted by molar-refractivity contribution is -0.139. The molecular formula is C24H22N2O5S2. The second-order valence-corrected chi connectivity index (χ2v) is 9.34. The highest BCUT2D eigenvalue weighted by Crippen LogP contribution is 2.34. The van der Waals surface area contributed by atoms with Gasteiger partial charge in [0.25, 0.3) is 5.56 Å². The van der Waals surface area contributed by atoms with Gasteiger partial charge in [0.1, 0.15) is 6.04 Å². The van der Waals surface area contributed by atoms with E-state index in [1.807, 2.05) is 24.4 Å². The van der Waals surface area contributed by atoms with Gasteiger partial charge in [-0.15, -0.1) is 11.3 Å². The molecule has 170 valence electrons. The molecule has 0 spiro atoms. The van der Waals surface area contributed by atoms with Gasteiger partial charge in [-0.25, -0.2) is 14.6 Å². The van der Waals surface area contributed by atoms with Crippen LogP contribution in [0.4, 0.5) is 0 Å². The van der Waals surface area contributed by atoms with E-state index in [1.165, 1.54) is 34.8 Å². The number of ether oxygens (including phenoxy) is 1. The van der Waals surface area contributed by atoms with Crippen LogP contribution in [0.25, 0.3) is 6.08 Å². The van der Waals surface area contributed by atoms with Gasteiger partial charge >= 0.3 is 11.9 Å². The van der Waals surface area contributed by atoms with E-state index in [0.29, 0.717) is 32.6 Å². The van der Waals surface area contributed by atoms with Crippen molar-refractivity contribution in [1.29, 1.82) is 0 Å². The van der Waals surface area contributed by atoms with Crippen molar-refractivity contribution < 1.29 is 19.4 Å². The Morgan fingerprint density at radius 3 is 2.58 bits per heavy atom. The van der Waals surface area contributed by atoms with Crippen LogP contribution in [0, 0.1) is 0 Å². The minimum Gasteiger partial charge on any atom is -0.478 e. The maximum atomic E-state index is 13.5. The quantitative estimate of drug-likeness (QED) is 0.521. The molecule has 0 aliphatic carbocycles. The second kappa shape index (κ2) is 9.68. The first-order valence-corrected chi connectivity index (χ1v) is 12.2. The number of esters is 1. The molecule has 0 radical (unpaired) electrons. The number of nitrogens with zero attached hydrogens (tertiary/aromatic N) is 2. The molecule has 1 aliphatic rings. The van der Waals surface area contributed by atoms with E-state index in [1.54, 1.807) is 29.7 Å². The minimum atomic E-state index is -1.01. The Labute approximate surface area is 197 Å². The van der Waals surface area contributed by atoms with Crippen LogP contribution >= 0.6 is 22.7 Å². The molecule has 2 aromatic heterocycles. The highest BCUT2D eigenvalue weighted by Gasteiger charge is 2.34. The van der Waals surface area contributed by atoms with Crippen LogP contribution in [0.1, 0.15) is 53.5 Å². The highest BCUT2D eigenvalue weighted by molar-refractivity contribution is 7.10. The number of carbonyl (C=O) groups excluding carboxylic acids is 1. The molecule has 1 aromatic carbocycles. The predicted molar refractivity (Wildman–Crippen MR) is 127 cm³/mol. The van der Waals surface area contributed by atoms with Gasteiger partial charge in [-0.1, -0.05) is 42.9 Å². The molecule has 33 heavy (non-hydrogen) atoms. The molecule has 0 bridgehead atoms. The number of hydrogen-bond donors (Lipinski definition) is 1. The molecule has 3 heterocycles. The molecule has 0 amide bonds. The average molecular weight is 483 g/mol. The van der Waals surface area contributed by atoms with Crippen LogP contribution in [0.2, 0.25) is 0 Å². The van der Waals surface area contributed by atoms with E-state index in [2.05, 4.69) is 0 Å². The fourth-order valence-corrected chi connectivity index (χ4v) is 5.55. The minimum absolute atomic E-state index is 0.176. The Kier molecular flexibility index (Phi) is 6.71. The smallest absolute Gasteiger partial charge is 0.338 e. The molecule has 0 unspecified atom stereocenters. The fraction of sp³-hybridized carbons (Fsp3) is 0.250. The van der Waals surface area contributed by atoms with E-state index < -0.39 is 18.0 Å². The third-order valence-electron chi connectivity index (χ3n) is 5.16. The summed E-state index contributed by atoms with van der Waals surface area (Å²) in [6, 6.07) is 9.51. The van der Waals surface area contributed by atoms with Crippen LogP contribution in [0.3, 0.4) is 0 Å².